The Hall–Kier alpha value is -1.95. The van der Waals surface area contributed by atoms with Crippen molar-refractivity contribution in [2.24, 2.45) is 0 Å². The number of fused-ring (bicyclic) bond motifs is 1. The minimum Gasteiger partial charge on any atom is -0.382 e. The lowest BCUT2D eigenvalue weighted by atomic mass is 10.3. The predicted molar refractivity (Wildman–Crippen MR) is 58.5 cm³/mol. The van der Waals surface area contributed by atoms with Crippen LogP contribution in [0.5, 0.6) is 0 Å². The van der Waals surface area contributed by atoms with Crippen LogP contribution in [0.15, 0.2) is 30.2 Å². The molecule has 3 rings (SSSR count). The second-order valence-electron chi connectivity index (χ2n) is 3.03. The average molecular weight is 217 g/mol. The molecular formula is C9H7N5S. The summed E-state index contributed by atoms with van der Waals surface area (Å²) in [5, 5.41) is 1.98. The van der Waals surface area contributed by atoms with E-state index < -0.39 is 0 Å². The lowest BCUT2D eigenvalue weighted by molar-refractivity contribution is 1.16. The molecule has 2 N–H and O–H groups in total. The highest BCUT2D eigenvalue weighted by Crippen LogP contribution is 2.21. The maximum absolute atomic E-state index is 5.58. The quantitative estimate of drug-likeness (QED) is 0.669. The van der Waals surface area contributed by atoms with E-state index in [1.54, 1.807) is 23.7 Å². The Morgan fingerprint density at radius 1 is 1.27 bits per heavy atom. The highest BCUT2D eigenvalue weighted by molar-refractivity contribution is 7.15. The summed E-state index contributed by atoms with van der Waals surface area (Å²) in [4.78, 5) is 13.4. The minimum atomic E-state index is 0.415. The predicted octanol–water partition coefficient (Wildman–Crippen LogP) is 1.44. The number of hydrogen-bond donors (Lipinski definition) is 1. The van der Waals surface area contributed by atoms with Crippen molar-refractivity contribution in [2.45, 2.75) is 0 Å². The SMILES string of the molecule is Nc1cncc(-c2cnc3sccn23)n1. The molecule has 0 aliphatic heterocycles. The van der Waals surface area contributed by atoms with E-state index in [9.17, 15) is 0 Å². The van der Waals surface area contributed by atoms with Crippen molar-refractivity contribution in [3.63, 3.8) is 0 Å². The van der Waals surface area contributed by atoms with E-state index in [4.69, 9.17) is 5.73 Å². The van der Waals surface area contributed by atoms with Gasteiger partial charge in [0, 0.05) is 11.6 Å². The van der Waals surface area contributed by atoms with Crippen LogP contribution >= 0.6 is 11.3 Å². The van der Waals surface area contributed by atoms with Crippen molar-refractivity contribution < 1.29 is 0 Å². The Balaban J connectivity index is 2.26. The Bertz CT molecular complexity index is 612. The number of aromatic nitrogens is 4. The van der Waals surface area contributed by atoms with Gasteiger partial charge in [-0.15, -0.1) is 11.3 Å². The molecule has 3 aromatic heterocycles. The smallest absolute Gasteiger partial charge is 0.194 e. The van der Waals surface area contributed by atoms with Crippen molar-refractivity contribution >= 4 is 22.1 Å². The molecule has 74 valence electrons. The molecule has 0 aromatic carbocycles. The summed E-state index contributed by atoms with van der Waals surface area (Å²) in [5.74, 6) is 0.415. The van der Waals surface area contributed by atoms with Gasteiger partial charge < -0.3 is 5.73 Å². The topological polar surface area (TPSA) is 69.1 Å². The number of hydrogen-bond acceptors (Lipinski definition) is 5. The van der Waals surface area contributed by atoms with Gasteiger partial charge in [-0.1, -0.05) is 0 Å². The molecule has 0 spiro atoms. The molecule has 0 saturated carbocycles. The molecule has 5 nitrogen and oxygen atoms in total. The Kier molecular flexibility index (Phi) is 1.69. The average Bonchev–Trinajstić information content (AvgIpc) is 2.77. The summed E-state index contributed by atoms with van der Waals surface area (Å²) in [6.45, 7) is 0. The molecule has 0 fully saturated rings. The molecule has 0 atom stereocenters. The molecule has 0 radical (unpaired) electrons. The van der Waals surface area contributed by atoms with E-state index in [0.29, 0.717) is 5.82 Å². The number of nitrogen functional groups attached to an aromatic ring is 1. The highest BCUT2D eigenvalue weighted by atomic mass is 32.1. The molecule has 0 aliphatic carbocycles. The molecule has 6 heteroatoms. The zero-order chi connectivity index (χ0) is 10.3. The second-order valence-corrected chi connectivity index (χ2v) is 3.90. The van der Waals surface area contributed by atoms with Gasteiger partial charge in [-0.3, -0.25) is 9.38 Å². The van der Waals surface area contributed by atoms with Crippen molar-refractivity contribution in [2.75, 3.05) is 5.73 Å². The first-order valence-electron chi connectivity index (χ1n) is 4.33. The van der Waals surface area contributed by atoms with Gasteiger partial charge in [0.25, 0.3) is 0 Å². The first kappa shape index (κ1) is 8.37. The van der Waals surface area contributed by atoms with E-state index in [1.807, 2.05) is 16.0 Å². The second kappa shape index (κ2) is 3.03. The third kappa shape index (κ3) is 1.26. The van der Waals surface area contributed by atoms with Crippen molar-refractivity contribution in [1.82, 2.24) is 19.4 Å². The Labute approximate surface area is 89.2 Å². The highest BCUT2D eigenvalue weighted by Gasteiger charge is 2.07. The van der Waals surface area contributed by atoms with Gasteiger partial charge in [0.2, 0.25) is 0 Å². The molecule has 15 heavy (non-hydrogen) atoms. The summed E-state index contributed by atoms with van der Waals surface area (Å²) in [6.07, 6.45) is 6.93. The van der Waals surface area contributed by atoms with Crippen LogP contribution in [0.4, 0.5) is 5.82 Å². The number of rotatable bonds is 1. The van der Waals surface area contributed by atoms with Crippen LogP contribution in [0, 0.1) is 0 Å². The van der Waals surface area contributed by atoms with Gasteiger partial charge in [-0.25, -0.2) is 9.97 Å². The zero-order valence-corrected chi connectivity index (χ0v) is 8.48. The monoisotopic (exact) mass is 217 g/mol. The molecule has 3 aromatic rings. The number of nitrogens with two attached hydrogens (primary N) is 1. The molecule has 0 aliphatic rings. The van der Waals surface area contributed by atoms with Crippen molar-refractivity contribution in [1.29, 1.82) is 0 Å². The van der Waals surface area contributed by atoms with E-state index in [1.165, 1.54) is 6.20 Å². The van der Waals surface area contributed by atoms with Crippen LogP contribution in [0.3, 0.4) is 0 Å². The van der Waals surface area contributed by atoms with Crippen LogP contribution in [-0.4, -0.2) is 19.4 Å². The third-order valence-corrected chi connectivity index (χ3v) is 2.83. The van der Waals surface area contributed by atoms with Crippen LogP contribution < -0.4 is 5.73 Å². The third-order valence-electron chi connectivity index (χ3n) is 2.06. The van der Waals surface area contributed by atoms with E-state index >= 15 is 0 Å². The summed E-state index contributed by atoms with van der Waals surface area (Å²) in [7, 11) is 0. The number of thiazole rings is 1. The van der Waals surface area contributed by atoms with E-state index in [2.05, 4.69) is 15.0 Å². The molecule has 3 heterocycles. The van der Waals surface area contributed by atoms with Gasteiger partial charge in [0.1, 0.15) is 11.5 Å². The fourth-order valence-electron chi connectivity index (χ4n) is 1.42. The molecule has 0 amide bonds. The maximum Gasteiger partial charge on any atom is 0.194 e. The van der Waals surface area contributed by atoms with Gasteiger partial charge in [0.05, 0.1) is 24.3 Å². The Morgan fingerprint density at radius 3 is 3.07 bits per heavy atom. The van der Waals surface area contributed by atoms with Crippen molar-refractivity contribution in [3.8, 4) is 11.4 Å². The molecule has 0 saturated heterocycles. The lowest BCUT2D eigenvalue weighted by Gasteiger charge is -1.98. The standard InChI is InChI=1S/C9H7N5S/c10-8-5-11-3-6(13-8)7-4-12-9-14(7)1-2-15-9/h1-5H,(H2,10,13). The summed E-state index contributed by atoms with van der Waals surface area (Å²) in [6, 6.07) is 0. The minimum absolute atomic E-state index is 0.415. The summed E-state index contributed by atoms with van der Waals surface area (Å²) in [5.41, 5.74) is 7.23. The molecule has 0 bridgehead atoms. The summed E-state index contributed by atoms with van der Waals surface area (Å²) >= 11 is 1.58. The maximum atomic E-state index is 5.58. The van der Waals surface area contributed by atoms with Gasteiger partial charge >= 0.3 is 0 Å². The van der Waals surface area contributed by atoms with Gasteiger partial charge in [0.15, 0.2) is 4.96 Å². The molecule has 0 unspecified atom stereocenters. The summed E-state index contributed by atoms with van der Waals surface area (Å²) < 4.78 is 1.97. The van der Waals surface area contributed by atoms with Gasteiger partial charge in [-0.2, -0.15) is 0 Å². The fraction of sp³-hybridized carbons (Fsp3) is 0. The lowest BCUT2D eigenvalue weighted by Crippen LogP contribution is -1.94. The van der Waals surface area contributed by atoms with E-state index in [0.717, 1.165) is 16.3 Å². The van der Waals surface area contributed by atoms with Crippen LogP contribution in [0.1, 0.15) is 0 Å². The normalized spacial score (nSPS) is 10.9. The first-order valence-corrected chi connectivity index (χ1v) is 5.21. The Morgan fingerprint density at radius 2 is 2.20 bits per heavy atom. The van der Waals surface area contributed by atoms with Gasteiger partial charge in [-0.05, 0) is 0 Å². The van der Waals surface area contributed by atoms with Crippen LogP contribution in [0.25, 0.3) is 16.3 Å². The van der Waals surface area contributed by atoms with Crippen LogP contribution in [0.2, 0.25) is 0 Å². The first-order chi connectivity index (χ1) is 7.34. The van der Waals surface area contributed by atoms with Crippen LogP contribution in [-0.2, 0) is 0 Å². The van der Waals surface area contributed by atoms with Crippen molar-refractivity contribution in [3.05, 3.63) is 30.2 Å². The fourth-order valence-corrected chi connectivity index (χ4v) is 2.11. The zero-order valence-electron chi connectivity index (χ0n) is 7.66. The largest absolute Gasteiger partial charge is 0.382 e. The van der Waals surface area contributed by atoms with E-state index in [-0.39, 0.29) is 0 Å². The molecular weight excluding hydrogens is 210 g/mol. The number of nitrogens with zero attached hydrogens (tertiary/aromatic N) is 4. The number of anilines is 1. The number of imidazole rings is 1.